The summed E-state index contributed by atoms with van der Waals surface area (Å²) in [6, 6.07) is 9.33. The number of para-hydroxylation sites is 1. The van der Waals surface area contributed by atoms with Crippen molar-refractivity contribution in [3.05, 3.63) is 64.4 Å². The first-order valence-corrected chi connectivity index (χ1v) is 12.7. The lowest BCUT2D eigenvalue weighted by atomic mass is 9.57. The van der Waals surface area contributed by atoms with Gasteiger partial charge in [-0.1, -0.05) is 24.3 Å². The number of phenols is 1. The third kappa shape index (κ3) is 3.66. The van der Waals surface area contributed by atoms with E-state index in [0.717, 1.165) is 5.56 Å². The van der Waals surface area contributed by atoms with Crippen LogP contribution in [0.5, 0.6) is 11.5 Å². The lowest BCUT2D eigenvalue weighted by Gasteiger charge is -2.50. The molecule has 1 saturated carbocycles. The van der Waals surface area contributed by atoms with Gasteiger partial charge in [0, 0.05) is 17.1 Å². The molecule has 0 radical (unpaired) electrons. The van der Waals surface area contributed by atoms with Crippen LogP contribution in [0, 0.1) is 11.8 Å². The molecule has 0 heterocycles. The molecule has 10 heteroatoms. The second-order valence-electron chi connectivity index (χ2n) is 10.4. The Morgan fingerprint density at radius 1 is 1.10 bits per heavy atom. The van der Waals surface area contributed by atoms with Gasteiger partial charge in [0.25, 0.3) is 5.91 Å². The zero-order valence-electron chi connectivity index (χ0n) is 21.8. The number of ketones is 2. The molecule has 204 valence electrons. The van der Waals surface area contributed by atoms with Gasteiger partial charge in [-0.05, 0) is 63.0 Å². The summed E-state index contributed by atoms with van der Waals surface area (Å²) in [6.45, 7) is 2.28. The number of nitrogens with zero attached hydrogens (tertiary/aromatic N) is 1. The molecule has 0 saturated heterocycles. The van der Waals surface area contributed by atoms with Crippen LogP contribution in [-0.4, -0.2) is 75.1 Å². The van der Waals surface area contributed by atoms with Gasteiger partial charge in [0.15, 0.2) is 11.4 Å². The summed E-state index contributed by atoms with van der Waals surface area (Å²) in [5.74, 6) is -6.19. The third-order valence-electron chi connectivity index (χ3n) is 8.08. The van der Waals surface area contributed by atoms with Crippen molar-refractivity contribution in [3.63, 3.8) is 0 Å². The first kappa shape index (κ1) is 26.5. The molecule has 0 bridgehead atoms. The predicted octanol–water partition coefficient (Wildman–Crippen LogP) is 2.03. The first-order valence-electron chi connectivity index (χ1n) is 12.7. The molecule has 10 nitrogen and oxygen atoms in total. The number of hydrogen-bond donors (Lipinski definition) is 5. The molecule has 4 atom stereocenters. The molecule has 5 rings (SSSR count). The van der Waals surface area contributed by atoms with Crippen LogP contribution in [0.2, 0.25) is 0 Å². The fraction of sp³-hybridized carbons (Fsp3) is 0.345. The molecular weight excluding hydrogens is 504 g/mol. The number of hydrogen-bond acceptors (Lipinski definition) is 9. The monoisotopic (exact) mass is 534 g/mol. The minimum Gasteiger partial charge on any atom is -0.508 e. The number of amides is 1. The van der Waals surface area contributed by atoms with Crippen LogP contribution in [0.15, 0.2) is 53.3 Å². The Hall–Kier alpha value is -4.15. The Balaban J connectivity index is 1.74. The summed E-state index contributed by atoms with van der Waals surface area (Å²) in [5.41, 5.74) is 3.70. The number of phenolic OH excluding ortho intramolecular Hbond substituents is 1. The number of nitrogens with two attached hydrogens (primary N) is 1. The maximum absolute atomic E-state index is 13.9. The van der Waals surface area contributed by atoms with Crippen molar-refractivity contribution in [1.29, 1.82) is 0 Å². The number of aromatic hydroxyl groups is 1. The van der Waals surface area contributed by atoms with Gasteiger partial charge < -0.3 is 30.9 Å². The molecule has 3 aliphatic rings. The minimum atomic E-state index is -2.67. The highest BCUT2D eigenvalue weighted by molar-refractivity contribution is 6.24. The number of benzene rings is 2. The Morgan fingerprint density at radius 3 is 2.44 bits per heavy atom. The molecule has 0 aromatic heterocycles. The Kier molecular flexibility index (Phi) is 6.27. The van der Waals surface area contributed by atoms with Gasteiger partial charge in [-0.3, -0.25) is 19.3 Å². The largest absolute Gasteiger partial charge is 0.508 e. The molecule has 3 aliphatic carbocycles. The van der Waals surface area contributed by atoms with E-state index in [1.807, 2.05) is 31.2 Å². The van der Waals surface area contributed by atoms with Crippen LogP contribution in [-0.2, 0) is 20.8 Å². The smallest absolute Gasteiger partial charge is 0.255 e. The van der Waals surface area contributed by atoms with E-state index in [1.54, 1.807) is 20.2 Å². The fourth-order valence-electron chi connectivity index (χ4n) is 6.47. The Morgan fingerprint density at radius 2 is 1.79 bits per heavy atom. The summed E-state index contributed by atoms with van der Waals surface area (Å²) in [7, 11) is 3.13. The van der Waals surface area contributed by atoms with Crippen molar-refractivity contribution >= 4 is 23.2 Å². The average molecular weight is 535 g/mol. The number of likely N-dealkylation sites (N-methyl/N-ethyl adjacent to an activating group) is 1. The van der Waals surface area contributed by atoms with E-state index < -0.39 is 58.0 Å². The molecule has 1 fully saturated rings. The number of Topliss-reactive ketones (excluding diaryl/α,β-unsaturated/α-hetero) is 2. The highest BCUT2D eigenvalue weighted by atomic mass is 16.5. The van der Waals surface area contributed by atoms with E-state index in [-0.39, 0.29) is 29.7 Å². The van der Waals surface area contributed by atoms with Crippen molar-refractivity contribution in [2.45, 2.75) is 31.4 Å². The van der Waals surface area contributed by atoms with Crippen molar-refractivity contribution in [2.75, 3.05) is 20.7 Å². The number of carbonyl (C=O) groups is 3. The van der Waals surface area contributed by atoms with E-state index in [9.17, 15) is 34.8 Å². The summed E-state index contributed by atoms with van der Waals surface area (Å²) in [5, 5.41) is 44.9. The molecule has 2 aromatic carbocycles. The summed E-state index contributed by atoms with van der Waals surface area (Å²) in [6.07, 6.45) is 0.215. The number of fused-ring (bicyclic) bond motifs is 3. The standard InChI is InChI=1S/C29H30N2O8/c1-4-39-19-8-6-5-7-15(19)14-9-10-18(32)21-16(14)11-13-12-17-23(31(2)3)25(34)22(28(30)37)27(36)29(17,38)26(35)20(13)24(21)33/h5-10,13,17,23,32-33,36,38H,4,11-12H2,1-3H3,(H2,30,37)/t13?,17?,23-,29-/m0/s1. The third-order valence-corrected chi connectivity index (χ3v) is 8.08. The highest BCUT2D eigenvalue weighted by Crippen LogP contribution is 2.54. The first-order chi connectivity index (χ1) is 18.4. The van der Waals surface area contributed by atoms with Crippen LogP contribution in [0.4, 0.5) is 0 Å². The second-order valence-corrected chi connectivity index (χ2v) is 10.4. The molecular formula is C29H30N2O8. The van der Waals surface area contributed by atoms with Gasteiger partial charge in [-0.2, -0.15) is 0 Å². The zero-order chi connectivity index (χ0) is 28.4. The van der Waals surface area contributed by atoms with Gasteiger partial charge in [0.1, 0.15) is 28.6 Å². The molecule has 2 aromatic rings. The number of primary amides is 1. The molecule has 2 unspecified atom stereocenters. The highest BCUT2D eigenvalue weighted by Gasteiger charge is 2.64. The van der Waals surface area contributed by atoms with E-state index in [4.69, 9.17) is 10.5 Å². The zero-order valence-corrected chi connectivity index (χ0v) is 21.8. The fourth-order valence-corrected chi connectivity index (χ4v) is 6.47. The number of aliphatic hydroxyl groups excluding tert-OH is 2. The average Bonchev–Trinajstić information content (AvgIpc) is 2.87. The number of ether oxygens (including phenoxy) is 1. The Bertz CT molecular complexity index is 1490. The van der Waals surface area contributed by atoms with Gasteiger partial charge in [-0.25, -0.2) is 0 Å². The van der Waals surface area contributed by atoms with Crippen LogP contribution in [0.1, 0.15) is 24.5 Å². The Labute approximate surface area is 224 Å². The lowest BCUT2D eigenvalue weighted by Crippen LogP contribution is -2.65. The lowest BCUT2D eigenvalue weighted by molar-refractivity contribution is -0.153. The van der Waals surface area contributed by atoms with Crippen molar-refractivity contribution < 1.29 is 39.5 Å². The molecule has 0 aliphatic heterocycles. The normalized spacial score (nSPS) is 26.3. The summed E-state index contributed by atoms with van der Waals surface area (Å²) >= 11 is 0. The molecule has 6 N–H and O–H groups in total. The van der Waals surface area contributed by atoms with Gasteiger partial charge >= 0.3 is 0 Å². The molecule has 1 amide bonds. The van der Waals surface area contributed by atoms with E-state index in [2.05, 4.69) is 0 Å². The van der Waals surface area contributed by atoms with Gasteiger partial charge in [-0.15, -0.1) is 0 Å². The van der Waals surface area contributed by atoms with E-state index in [1.165, 1.54) is 11.0 Å². The van der Waals surface area contributed by atoms with Gasteiger partial charge in [0.05, 0.1) is 18.2 Å². The predicted molar refractivity (Wildman–Crippen MR) is 141 cm³/mol. The maximum atomic E-state index is 13.9. The van der Waals surface area contributed by atoms with Crippen molar-refractivity contribution in [3.8, 4) is 22.6 Å². The van der Waals surface area contributed by atoms with Gasteiger partial charge in [0.2, 0.25) is 5.78 Å². The van der Waals surface area contributed by atoms with Crippen molar-refractivity contribution in [1.82, 2.24) is 4.90 Å². The number of rotatable bonds is 5. The summed E-state index contributed by atoms with van der Waals surface area (Å²) < 4.78 is 5.80. The van der Waals surface area contributed by atoms with E-state index in [0.29, 0.717) is 23.5 Å². The SMILES string of the molecule is CCOc1ccccc1-c1ccc(O)c2c1CC1CC3[C@H](N(C)C)C(=O)C(C(N)=O)=C(O)[C@@]3(O)C(=O)C1=C2O. The second kappa shape index (κ2) is 9.25. The van der Waals surface area contributed by atoms with Crippen LogP contribution in [0.3, 0.4) is 0 Å². The topological polar surface area (TPSA) is 171 Å². The number of carbonyl (C=O) groups excluding carboxylic acids is 3. The van der Waals surface area contributed by atoms with Crippen LogP contribution >= 0.6 is 0 Å². The van der Waals surface area contributed by atoms with Crippen molar-refractivity contribution in [2.24, 2.45) is 17.6 Å². The van der Waals surface area contributed by atoms with Crippen LogP contribution < -0.4 is 10.5 Å². The van der Waals surface area contributed by atoms with Crippen LogP contribution in [0.25, 0.3) is 16.9 Å². The quantitative estimate of drug-likeness (QED) is 0.360. The maximum Gasteiger partial charge on any atom is 0.255 e. The molecule has 0 spiro atoms. The minimum absolute atomic E-state index is 0.0218. The summed E-state index contributed by atoms with van der Waals surface area (Å²) in [4.78, 5) is 40.8. The molecule has 39 heavy (non-hydrogen) atoms. The van der Waals surface area contributed by atoms with E-state index >= 15 is 0 Å². The number of aliphatic hydroxyl groups is 3.